The van der Waals surface area contributed by atoms with Crippen LogP contribution in [0.5, 0.6) is 5.75 Å². The first-order valence-corrected chi connectivity index (χ1v) is 11.9. The Labute approximate surface area is 189 Å². The minimum absolute atomic E-state index is 0.0146. The number of amides is 1. The maximum absolute atomic E-state index is 12.8. The summed E-state index contributed by atoms with van der Waals surface area (Å²) in [7, 11) is -3.68. The highest BCUT2D eigenvalue weighted by Crippen LogP contribution is 2.23. The summed E-state index contributed by atoms with van der Waals surface area (Å²) in [6, 6.07) is 11.1. The second-order valence-electron chi connectivity index (χ2n) is 7.38. The molecule has 0 aromatic heterocycles. The third kappa shape index (κ3) is 6.54. The van der Waals surface area contributed by atoms with E-state index in [4.69, 9.17) is 9.47 Å². The maximum Gasteiger partial charge on any atom is 0.338 e. The van der Waals surface area contributed by atoms with Crippen molar-refractivity contribution in [3.8, 4) is 5.75 Å². The first kappa shape index (κ1) is 25.4. The van der Waals surface area contributed by atoms with E-state index in [2.05, 4.69) is 5.32 Å². The maximum atomic E-state index is 12.8. The number of esters is 1. The van der Waals surface area contributed by atoms with E-state index >= 15 is 0 Å². The van der Waals surface area contributed by atoms with Crippen LogP contribution < -0.4 is 10.1 Å². The van der Waals surface area contributed by atoms with Crippen molar-refractivity contribution in [3.63, 3.8) is 0 Å². The Hall–Kier alpha value is -2.91. The molecule has 0 bridgehead atoms. The van der Waals surface area contributed by atoms with E-state index in [1.54, 1.807) is 57.2 Å². The molecule has 2 aromatic carbocycles. The van der Waals surface area contributed by atoms with Crippen molar-refractivity contribution in [2.24, 2.45) is 0 Å². The standard InChI is InChI=1S/C23H30N2O6S/c1-6-25(7-2)32(28,29)21-14-19(11-8-17(21)5)24-22(26)15-30-23(27)18-9-12-20(13-10-18)31-16(3)4/h8-14,16H,6-7,15H2,1-5H3,(H,24,26). The van der Waals surface area contributed by atoms with Crippen LogP contribution in [0.3, 0.4) is 0 Å². The zero-order valence-electron chi connectivity index (χ0n) is 19.0. The number of nitrogens with one attached hydrogen (secondary N) is 1. The lowest BCUT2D eigenvalue weighted by Crippen LogP contribution is -2.31. The first-order valence-electron chi connectivity index (χ1n) is 10.4. The third-order valence-electron chi connectivity index (χ3n) is 4.59. The second kappa shape index (κ2) is 11.1. The van der Waals surface area contributed by atoms with Gasteiger partial charge < -0.3 is 14.8 Å². The molecule has 8 nitrogen and oxygen atoms in total. The molecule has 174 valence electrons. The number of sulfonamides is 1. The van der Waals surface area contributed by atoms with Crippen molar-refractivity contribution < 1.29 is 27.5 Å². The van der Waals surface area contributed by atoms with Crippen LogP contribution in [0.25, 0.3) is 0 Å². The van der Waals surface area contributed by atoms with Crippen molar-refractivity contribution in [2.45, 2.75) is 45.6 Å². The molecule has 0 aliphatic rings. The monoisotopic (exact) mass is 462 g/mol. The van der Waals surface area contributed by atoms with E-state index < -0.39 is 28.5 Å². The molecule has 0 spiro atoms. The number of anilines is 1. The van der Waals surface area contributed by atoms with Crippen LogP contribution in [0, 0.1) is 6.92 Å². The Bertz CT molecular complexity index is 1040. The van der Waals surface area contributed by atoms with Gasteiger partial charge in [0.05, 0.1) is 16.6 Å². The number of carbonyl (C=O) groups excluding carboxylic acids is 2. The fourth-order valence-corrected chi connectivity index (χ4v) is 4.72. The average molecular weight is 463 g/mol. The predicted molar refractivity (Wildman–Crippen MR) is 122 cm³/mol. The minimum atomic E-state index is -3.68. The molecule has 0 aliphatic carbocycles. The van der Waals surface area contributed by atoms with Crippen LogP contribution in [0.1, 0.15) is 43.6 Å². The molecule has 0 fully saturated rings. The van der Waals surface area contributed by atoms with Gasteiger partial charge >= 0.3 is 5.97 Å². The summed E-state index contributed by atoms with van der Waals surface area (Å²) in [5.74, 6) is -0.595. The van der Waals surface area contributed by atoms with Gasteiger partial charge in [0.1, 0.15) is 5.75 Å². The van der Waals surface area contributed by atoms with Crippen molar-refractivity contribution in [1.82, 2.24) is 4.31 Å². The van der Waals surface area contributed by atoms with Gasteiger partial charge in [-0.25, -0.2) is 13.2 Å². The van der Waals surface area contributed by atoms with Gasteiger partial charge in [-0.1, -0.05) is 19.9 Å². The van der Waals surface area contributed by atoms with Gasteiger partial charge in [0.25, 0.3) is 5.91 Å². The second-order valence-corrected chi connectivity index (χ2v) is 9.29. The number of hydrogen-bond acceptors (Lipinski definition) is 6. The number of carbonyl (C=O) groups is 2. The topological polar surface area (TPSA) is 102 Å². The highest BCUT2D eigenvalue weighted by molar-refractivity contribution is 7.89. The number of benzene rings is 2. The molecule has 0 atom stereocenters. The normalized spacial score (nSPS) is 11.5. The van der Waals surface area contributed by atoms with Gasteiger partial charge in [0.2, 0.25) is 10.0 Å². The van der Waals surface area contributed by atoms with Crippen molar-refractivity contribution in [2.75, 3.05) is 25.0 Å². The molecule has 0 unspecified atom stereocenters. The quantitative estimate of drug-likeness (QED) is 0.541. The Morgan fingerprint density at radius 2 is 1.66 bits per heavy atom. The molecule has 2 aromatic rings. The van der Waals surface area contributed by atoms with E-state index in [1.807, 2.05) is 13.8 Å². The van der Waals surface area contributed by atoms with Crippen molar-refractivity contribution in [3.05, 3.63) is 53.6 Å². The lowest BCUT2D eigenvalue weighted by molar-refractivity contribution is -0.119. The SMILES string of the molecule is CCN(CC)S(=O)(=O)c1cc(NC(=O)COC(=O)c2ccc(OC(C)C)cc2)ccc1C. The molecule has 2 rings (SSSR count). The lowest BCUT2D eigenvalue weighted by atomic mass is 10.2. The number of nitrogens with zero attached hydrogens (tertiary/aromatic N) is 1. The summed E-state index contributed by atoms with van der Waals surface area (Å²) in [5.41, 5.74) is 1.17. The average Bonchev–Trinajstić information content (AvgIpc) is 2.74. The molecular formula is C23H30N2O6S. The van der Waals surface area contributed by atoms with E-state index in [-0.39, 0.29) is 16.6 Å². The van der Waals surface area contributed by atoms with Gasteiger partial charge in [-0.3, -0.25) is 4.79 Å². The third-order valence-corrected chi connectivity index (χ3v) is 6.78. The Morgan fingerprint density at radius 3 is 2.22 bits per heavy atom. The molecule has 32 heavy (non-hydrogen) atoms. The summed E-state index contributed by atoms with van der Waals surface area (Å²) in [5, 5.41) is 2.57. The zero-order valence-corrected chi connectivity index (χ0v) is 19.9. The van der Waals surface area contributed by atoms with Gasteiger partial charge in [-0.15, -0.1) is 0 Å². The van der Waals surface area contributed by atoms with Gasteiger partial charge in [-0.2, -0.15) is 4.31 Å². The molecule has 9 heteroatoms. The first-order chi connectivity index (χ1) is 15.1. The molecule has 0 aliphatic heterocycles. The highest BCUT2D eigenvalue weighted by atomic mass is 32.2. The zero-order chi connectivity index (χ0) is 23.9. The van der Waals surface area contributed by atoms with Crippen molar-refractivity contribution >= 4 is 27.6 Å². The van der Waals surface area contributed by atoms with Crippen LogP contribution >= 0.6 is 0 Å². The Kier molecular flexibility index (Phi) is 8.80. The number of aryl methyl sites for hydroxylation is 1. The molecule has 0 radical (unpaired) electrons. The summed E-state index contributed by atoms with van der Waals surface area (Å²) >= 11 is 0. The van der Waals surface area contributed by atoms with Crippen LogP contribution in [-0.2, 0) is 19.6 Å². The fourth-order valence-electron chi connectivity index (χ4n) is 3.01. The van der Waals surface area contributed by atoms with E-state index in [0.717, 1.165) is 0 Å². The number of ether oxygens (including phenoxy) is 2. The Morgan fingerprint density at radius 1 is 1.03 bits per heavy atom. The Balaban J connectivity index is 2.02. The summed E-state index contributed by atoms with van der Waals surface area (Å²) in [4.78, 5) is 24.6. The molecule has 0 saturated carbocycles. The molecule has 1 amide bonds. The molecular weight excluding hydrogens is 432 g/mol. The van der Waals surface area contributed by atoms with Crippen LogP contribution in [0.15, 0.2) is 47.4 Å². The van der Waals surface area contributed by atoms with E-state index in [0.29, 0.717) is 30.1 Å². The molecule has 1 N–H and O–H groups in total. The number of hydrogen-bond donors (Lipinski definition) is 1. The van der Waals surface area contributed by atoms with E-state index in [9.17, 15) is 18.0 Å². The van der Waals surface area contributed by atoms with Crippen LogP contribution in [-0.4, -0.2) is 50.4 Å². The van der Waals surface area contributed by atoms with E-state index in [1.165, 1.54) is 10.4 Å². The number of rotatable bonds is 10. The van der Waals surface area contributed by atoms with Crippen molar-refractivity contribution in [1.29, 1.82) is 0 Å². The lowest BCUT2D eigenvalue weighted by Gasteiger charge is -2.20. The summed E-state index contributed by atoms with van der Waals surface area (Å²) in [6.07, 6.45) is 0.0146. The largest absolute Gasteiger partial charge is 0.491 e. The smallest absolute Gasteiger partial charge is 0.338 e. The van der Waals surface area contributed by atoms with Gasteiger partial charge in [0.15, 0.2) is 6.61 Å². The highest BCUT2D eigenvalue weighted by Gasteiger charge is 2.24. The molecule has 0 saturated heterocycles. The summed E-state index contributed by atoms with van der Waals surface area (Å²) < 4.78 is 37.6. The summed E-state index contributed by atoms with van der Waals surface area (Å²) in [6.45, 7) is 9.21. The van der Waals surface area contributed by atoms with Gasteiger partial charge in [-0.05, 0) is 62.7 Å². The van der Waals surface area contributed by atoms with Crippen LogP contribution in [0.2, 0.25) is 0 Å². The predicted octanol–water partition coefficient (Wildman–Crippen LogP) is 3.61. The van der Waals surface area contributed by atoms with Gasteiger partial charge in [0, 0.05) is 18.8 Å². The fraction of sp³-hybridized carbons (Fsp3) is 0.391. The minimum Gasteiger partial charge on any atom is -0.491 e. The molecule has 0 heterocycles. The van der Waals surface area contributed by atoms with Crippen LogP contribution in [0.4, 0.5) is 5.69 Å².